The van der Waals surface area contributed by atoms with Crippen LogP contribution in [0, 0.1) is 5.41 Å². The first-order chi connectivity index (χ1) is 10.2. The second kappa shape index (κ2) is 6.27. The van der Waals surface area contributed by atoms with Crippen molar-refractivity contribution in [3.63, 3.8) is 0 Å². The maximum absolute atomic E-state index is 3.65. The SMILES string of the molecule is CCCC1(CN2CCN(C)c3ccccc32)CCCNC1. The fourth-order valence-corrected chi connectivity index (χ4v) is 4.12. The zero-order valence-electron chi connectivity index (χ0n) is 13.6. The Morgan fingerprint density at radius 2 is 2.00 bits per heavy atom. The first kappa shape index (κ1) is 14.7. The van der Waals surface area contributed by atoms with Gasteiger partial charge in [-0.05, 0) is 37.9 Å². The molecule has 116 valence electrons. The van der Waals surface area contributed by atoms with E-state index in [2.05, 4.69) is 53.4 Å². The number of hydrogen-bond acceptors (Lipinski definition) is 3. The predicted octanol–water partition coefficient (Wildman–Crippen LogP) is 3.11. The molecule has 3 heteroatoms. The van der Waals surface area contributed by atoms with Crippen molar-refractivity contribution in [2.24, 2.45) is 5.41 Å². The molecule has 1 unspecified atom stereocenters. The predicted molar refractivity (Wildman–Crippen MR) is 91.4 cm³/mol. The van der Waals surface area contributed by atoms with Crippen molar-refractivity contribution < 1.29 is 0 Å². The van der Waals surface area contributed by atoms with Crippen LogP contribution in [-0.4, -0.2) is 39.8 Å². The van der Waals surface area contributed by atoms with Gasteiger partial charge >= 0.3 is 0 Å². The molecule has 3 nitrogen and oxygen atoms in total. The van der Waals surface area contributed by atoms with Crippen LogP contribution in [0.1, 0.15) is 32.6 Å². The zero-order valence-corrected chi connectivity index (χ0v) is 13.6. The average Bonchev–Trinajstić information content (AvgIpc) is 2.52. The van der Waals surface area contributed by atoms with E-state index in [1.165, 1.54) is 56.7 Å². The fraction of sp³-hybridized carbons (Fsp3) is 0.667. The normalized spacial score (nSPS) is 25.8. The van der Waals surface area contributed by atoms with Crippen molar-refractivity contribution in [3.05, 3.63) is 24.3 Å². The molecule has 0 bridgehead atoms. The molecule has 0 saturated carbocycles. The summed E-state index contributed by atoms with van der Waals surface area (Å²) in [6.07, 6.45) is 5.34. The summed E-state index contributed by atoms with van der Waals surface area (Å²) in [6.45, 7) is 8.21. The Labute approximate surface area is 129 Å². The molecule has 1 aromatic rings. The zero-order chi connectivity index (χ0) is 14.7. The number of anilines is 2. The lowest BCUT2D eigenvalue weighted by Gasteiger charge is -2.45. The Morgan fingerprint density at radius 3 is 2.71 bits per heavy atom. The third-order valence-electron chi connectivity index (χ3n) is 5.21. The van der Waals surface area contributed by atoms with Crippen molar-refractivity contribution in [2.75, 3.05) is 49.6 Å². The van der Waals surface area contributed by atoms with Gasteiger partial charge in [0, 0.05) is 38.6 Å². The molecule has 21 heavy (non-hydrogen) atoms. The standard InChI is InChI=1S/C18H29N3/c1-3-9-18(10-6-11-19-14-18)15-21-13-12-20(2)16-7-4-5-8-17(16)21/h4-5,7-8,19H,3,6,9-15H2,1-2H3. The molecule has 0 aromatic heterocycles. The molecule has 1 atom stereocenters. The topological polar surface area (TPSA) is 18.5 Å². The molecular formula is C18H29N3. The number of likely N-dealkylation sites (N-methyl/N-ethyl adjacent to an activating group) is 1. The van der Waals surface area contributed by atoms with E-state index in [-0.39, 0.29) is 0 Å². The highest BCUT2D eigenvalue weighted by Gasteiger charge is 2.34. The van der Waals surface area contributed by atoms with Crippen LogP contribution in [0.4, 0.5) is 11.4 Å². The lowest BCUT2D eigenvalue weighted by atomic mass is 9.76. The van der Waals surface area contributed by atoms with Crippen LogP contribution < -0.4 is 15.1 Å². The maximum Gasteiger partial charge on any atom is 0.0604 e. The number of rotatable bonds is 4. The second-order valence-corrected chi connectivity index (χ2v) is 6.86. The molecule has 0 aliphatic carbocycles. The van der Waals surface area contributed by atoms with E-state index >= 15 is 0 Å². The maximum atomic E-state index is 3.65. The van der Waals surface area contributed by atoms with E-state index in [1.807, 2.05) is 0 Å². The highest BCUT2D eigenvalue weighted by molar-refractivity contribution is 5.73. The van der Waals surface area contributed by atoms with Crippen molar-refractivity contribution in [1.82, 2.24) is 5.32 Å². The molecule has 0 radical (unpaired) electrons. The van der Waals surface area contributed by atoms with Gasteiger partial charge in [-0.3, -0.25) is 0 Å². The second-order valence-electron chi connectivity index (χ2n) is 6.86. The molecular weight excluding hydrogens is 258 g/mol. The van der Waals surface area contributed by atoms with Crippen LogP contribution in [-0.2, 0) is 0 Å². The Bertz CT molecular complexity index is 460. The van der Waals surface area contributed by atoms with E-state index in [0.29, 0.717) is 5.41 Å². The van der Waals surface area contributed by atoms with Crippen molar-refractivity contribution in [1.29, 1.82) is 0 Å². The van der Waals surface area contributed by atoms with Crippen LogP contribution in [0.25, 0.3) is 0 Å². The van der Waals surface area contributed by atoms with Crippen molar-refractivity contribution in [3.8, 4) is 0 Å². The number of fused-ring (bicyclic) bond motifs is 1. The minimum atomic E-state index is 0.468. The summed E-state index contributed by atoms with van der Waals surface area (Å²) < 4.78 is 0. The van der Waals surface area contributed by atoms with Crippen LogP contribution in [0.5, 0.6) is 0 Å². The number of piperidine rings is 1. The minimum absolute atomic E-state index is 0.468. The lowest BCUT2D eigenvalue weighted by molar-refractivity contribution is 0.194. The fourth-order valence-electron chi connectivity index (χ4n) is 4.12. The monoisotopic (exact) mass is 287 g/mol. The summed E-state index contributed by atoms with van der Waals surface area (Å²) in [5.74, 6) is 0. The number of hydrogen-bond donors (Lipinski definition) is 1. The lowest BCUT2D eigenvalue weighted by Crippen LogP contribution is -2.50. The molecule has 0 amide bonds. The summed E-state index contributed by atoms with van der Waals surface area (Å²) in [5.41, 5.74) is 3.28. The number of nitrogens with one attached hydrogen (secondary N) is 1. The van der Waals surface area contributed by atoms with Gasteiger partial charge in [0.15, 0.2) is 0 Å². The summed E-state index contributed by atoms with van der Waals surface area (Å²) in [5, 5.41) is 3.65. The van der Waals surface area contributed by atoms with E-state index in [0.717, 1.165) is 13.1 Å². The van der Waals surface area contributed by atoms with E-state index in [9.17, 15) is 0 Å². The van der Waals surface area contributed by atoms with Gasteiger partial charge in [0.25, 0.3) is 0 Å². The van der Waals surface area contributed by atoms with Crippen LogP contribution in [0.2, 0.25) is 0 Å². The number of nitrogens with zero attached hydrogens (tertiary/aromatic N) is 2. The Balaban J connectivity index is 1.82. The molecule has 3 rings (SSSR count). The van der Waals surface area contributed by atoms with Crippen molar-refractivity contribution in [2.45, 2.75) is 32.6 Å². The first-order valence-electron chi connectivity index (χ1n) is 8.50. The van der Waals surface area contributed by atoms with Crippen molar-refractivity contribution >= 4 is 11.4 Å². The van der Waals surface area contributed by atoms with E-state index < -0.39 is 0 Å². The smallest absolute Gasteiger partial charge is 0.0604 e. The van der Waals surface area contributed by atoms with E-state index in [1.54, 1.807) is 0 Å². The van der Waals surface area contributed by atoms with Crippen LogP contribution >= 0.6 is 0 Å². The van der Waals surface area contributed by atoms with Crippen LogP contribution in [0.3, 0.4) is 0 Å². The van der Waals surface area contributed by atoms with Crippen LogP contribution in [0.15, 0.2) is 24.3 Å². The molecule has 2 aliphatic heterocycles. The largest absolute Gasteiger partial charge is 0.371 e. The van der Waals surface area contributed by atoms with Gasteiger partial charge in [-0.15, -0.1) is 0 Å². The van der Waals surface area contributed by atoms with Gasteiger partial charge in [0.05, 0.1) is 11.4 Å². The van der Waals surface area contributed by atoms with Gasteiger partial charge < -0.3 is 15.1 Å². The molecule has 1 aromatic carbocycles. The third-order valence-corrected chi connectivity index (χ3v) is 5.21. The third kappa shape index (κ3) is 3.03. The number of benzene rings is 1. The Kier molecular flexibility index (Phi) is 4.39. The Morgan fingerprint density at radius 1 is 1.19 bits per heavy atom. The van der Waals surface area contributed by atoms with Gasteiger partial charge in [-0.1, -0.05) is 25.5 Å². The molecule has 2 heterocycles. The quantitative estimate of drug-likeness (QED) is 0.918. The molecule has 2 aliphatic rings. The van der Waals surface area contributed by atoms with Gasteiger partial charge in [-0.2, -0.15) is 0 Å². The molecule has 1 N–H and O–H groups in total. The Hall–Kier alpha value is -1.22. The molecule has 1 saturated heterocycles. The molecule has 0 spiro atoms. The minimum Gasteiger partial charge on any atom is -0.371 e. The summed E-state index contributed by atoms with van der Waals surface area (Å²) in [7, 11) is 2.21. The molecule has 1 fully saturated rings. The summed E-state index contributed by atoms with van der Waals surface area (Å²) in [4.78, 5) is 5.02. The van der Waals surface area contributed by atoms with E-state index in [4.69, 9.17) is 0 Å². The average molecular weight is 287 g/mol. The summed E-state index contributed by atoms with van der Waals surface area (Å²) >= 11 is 0. The first-order valence-corrected chi connectivity index (χ1v) is 8.50. The van der Waals surface area contributed by atoms with Gasteiger partial charge in [0.1, 0.15) is 0 Å². The highest BCUT2D eigenvalue weighted by atomic mass is 15.3. The highest BCUT2D eigenvalue weighted by Crippen LogP contribution is 2.38. The van der Waals surface area contributed by atoms with Gasteiger partial charge in [-0.25, -0.2) is 0 Å². The van der Waals surface area contributed by atoms with Gasteiger partial charge in [0.2, 0.25) is 0 Å². The number of para-hydroxylation sites is 2. The summed E-state index contributed by atoms with van der Waals surface area (Å²) in [6, 6.07) is 8.88.